The lowest BCUT2D eigenvalue weighted by Gasteiger charge is -2.18. The Bertz CT molecular complexity index is 1130. The molecule has 154 valence electrons. The van der Waals surface area contributed by atoms with E-state index in [9.17, 15) is 13.2 Å². The zero-order chi connectivity index (χ0) is 21.9. The van der Waals surface area contributed by atoms with Crippen molar-refractivity contribution in [3.8, 4) is 11.3 Å². The Morgan fingerprint density at radius 2 is 1.87 bits per heavy atom. The van der Waals surface area contributed by atoms with Gasteiger partial charge in [-0.25, -0.2) is 9.97 Å². The number of benzene rings is 1. The summed E-state index contributed by atoms with van der Waals surface area (Å²) in [7, 11) is 0. The number of nitrogens with zero attached hydrogens (tertiary/aromatic N) is 3. The summed E-state index contributed by atoms with van der Waals surface area (Å²) >= 11 is 0. The molecule has 3 N–H and O–H groups in total. The first-order valence-corrected chi connectivity index (χ1v) is 8.86. The summed E-state index contributed by atoms with van der Waals surface area (Å²) in [5, 5.41) is 22.5. The Kier molecular flexibility index (Phi) is 5.81. The van der Waals surface area contributed by atoms with Gasteiger partial charge < -0.3 is 15.9 Å². The quantitative estimate of drug-likeness (QED) is 0.296. The van der Waals surface area contributed by atoms with Gasteiger partial charge >= 0.3 is 6.18 Å². The smallest absolute Gasteiger partial charge is 0.411 e. The monoisotopic (exact) mass is 413 g/mol. The van der Waals surface area contributed by atoms with Gasteiger partial charge in [0.25, 0.3) is 0 Å². The van der Waals surface area contributed by atoms with Gasteiger partial charge in [-0.2, -0.15) is 13.2 Å². The fraction of sp³-hybridized carbons (Fsp3) is 0.143. The molecule has 0 atom stereocenters. The van der Waals surface area contributed by atoms with E-state index in [2.05, 4.69) is 20.4 Å². The van der Waals surface area contributed by atoms with Crippen molar-refractivity contribution in [1.29, 1.82) is 5.41 Å². The van der Waals surface area contributed by atoms with Crippen molar-refractivity contribution in [2.24, 2.45) is 5.16 Å². The number of rotatable bonds is 5. The minimum absolute atomic E-state index is 0.0766. The lowest BCUT2D eigenvalue weighted by Crippen LogP contribution is -2.12. The predicted octanol–water partition coefficient (Wildman–Crippen LogP) is 5.41. The highest BCUT2D eigenvalue weighted by molar-refractivity contribution is 5.97. The molecule has 0 fully saturated rings. The van der Waals surface area contributed by atoms with E-state index >= 15 is 0 Å². The number of aryl methyl sites for hydroxylation is 1. The van der Waals surface area contributed by atoms with Crippen molar-refractivity contribution in [2.45, 2.75) is 20.0 Å². The van der Waals surface area contributed by atoms with Gasteiger partial charge in [-0.3, -0.25) is 0 Å². The van der Waals surface area contributed by atoms with E-state index in [0.717, 1.165) is 6.07 Å². The summed E-state index contributed by atoms with van der Waals surface area (Å²) < 4.78 is 41.3. The normalized spacial score (nSPS) is 12.0. The Hall–Kier alpha value is -3.75. The number of nitrogens with one attached hydrogen (secondary N) is 2. The molecule has 3 aromatic rings. The average molecular weight is 413 g/mol. The number of aromatic nitrogens is 2. The number of hydrogen-bond donors (Lipinski definition) is 3. The summed E-state index contributed by atoms with van der Waals surface area (Å²) in [4.78, 5) is 8.56. The Balaban J connectivity index is 2.21. The van der Waals surface area contributed by atoms with E-state index in [1.807, 2.05) is 0 Å². The molecule has 0 amide bonds. The molecule has 0 radical (unpaired) electrons. The van der Waals surface area contributed by atoms with Crippen molar-refractivity contribution in [1.82, 2.24) is 9.97 Å². The van der Waals surface area contributed by atoms with Crippen LogP contribution in [0.3, 0.4) is 0 Å². The van der Waals surface area contributed by atoms with Crippen molar-refractivity contribution in [3.05, 3.63) is 71.0 Å². The summed E-state index contributed by atoms with van der Waals surface area (Å²) in [6.07, 6.45) is -4.02. The van der Waals surface area contributed by atoms with Crippen LogP contribution in [-0.4, -0.2) is 27.1 Å². The van der Waals surface area contributed by atoms with E-state index < -0.39 is 11.7 Å². The topological polar surface area (TPSA) is 94.3 Å². The van der Waals surface area contributed by atoms with E-state index in [-0.39, 0.29) is 28.2 Å². The second-order valence-electron chi connectivity index (χ2n) is 6.51. The van der Waals surface area contributed by atoms with Crippen molar-refractivity contribution in [2.75, 3.05) is 5.32 Å². The number of oxime groups is 1. The van der Waals surface area contributed by atoms with Crippen LogP contribution in [0.25, 0.3) is 11.3 Å². The molecule has 0 bridgehead atoms. The highest BCUT2D eigenvalue weighted by Crippen LogP contribution is 2.38. The van der Waals surface area contributed by atoms with Gasteiger partial charge in [-0.05, 0) is 50.2 Å². The summed E-state index contributed by atoms with van der Waals surface area (Å²) in [6.45, 7) is 3.29. The van der Waals surface area contributed by atoms with E-state index in [4.69, 9.17) is 10.6 Å². The predicted molar refractivity (Wildman–Crippen MR) is 109 cm³/mol. The van der Waals surface area contributed by atoms with Crippen LogP contribution in [0.5, 0.6) is 0 Å². The standard InChI is InChI=1S/C21H18F3N5O/c1-12-5-3-8-20(26-12)28-19-10-14(9-16(15(19)11-25)21(22,23)24)18-7-4-6-17(27-18)13(2)29-30/h3-11,25,30H,1-2H3,(H,26,28)/b25-11?,29-13-. The molecule has 6 nitrogen and oxygen atoms in total. The first-order chi connectivity index (χ1) is 14.2. The minimum Gasteiger partial charge on any atom is -0.411 e. The Morgan fingerprint density at radius 3 is 2.50 bits per heavy atom. The zero-order valence-electron chi connectivity index (χ0n) is 16.1. The number of anilines is 2. The highest BCUT2D eigenvalue weighted by atomic mass is 19.4. The molecule has 3 rings (SSSR count). The van der Waals surface area contributed by atoms with Crippen LogP contribution in [-0.2, 0) is 6.18 Å². The molecule has 0 aliphatic heterocycles. The third kappa shape index (κ3) is 4.45. The summed E-state index contributed by atoms with van der Waals surface area (Å²) in [6, 6.07) is 12.3. The van der Waals surface area contributed by atoms with Gasteiger partial charge in [0.15, 0.2) is 0 Å². The largest absolute Gasteiger partial charge is 0.417 e. The van der Waals surface area contributed by atoms with E-state index in [0.29, 0.717) is 23.4 Å². The summed E-state index contributed by atoms with van der Waals surface area (Å²) in [5.74, 6) is 0.355. The maximum absolute atomic E-state index is 13.8. The Morgan fingerprint density at radius 1 is 1.13 bits per heavy atom. The fourth-order valence-corrected chi connectivity index (χ4v) is 2.89. The number of alkyl halides is 3. The average Bonchev–Trinajstić information content (AvgIpc) is 2.72. The SMILES string of the molecule is C/C(=N/O)c1cccc(-c2cc(Nc3cccc(C)n3)c(C=N)c(C(F)(F)F)c2)n1. The highest BCUT2D eigenvalue weighted by Gasteiger charge is 2.35. The molecule has 0 unspecified atom stereocenters. The van der Waals surface area contributed by atoms with Gasteiger partial charge in [-0.15, -0.1) is 0 Å². The molecule has 2 aromatic heterocycles. The van der Waals surface area contributed by atoms with Gasteiger partial charge in [0, 0.05) is 28.7 Å². The molecule has 0 saturated carbocycles. The molecule has 0 aliphatic rings. The molecule has 2 heterocycles. The van der Waals surface area contributed by atoms with Crippen LogP contribution in [0.4, 0.5) is 24.7 Å². The lowest BCUT2D eigenvalue weighted by atomic mass is 9.99. The zero-order valence-corrected chi connectivity index (χ0v) is 16.1. The van der Waals surface area contributed by atoms with Gasteiger partial charge in [0.1, 0.15) is 11.5 Å². The third-order valence-electron chi connectivity index (χ3n) is 4.35. The maximum atomic E-state index is 13.8. The van der Waals surface area contributed by atoms with Crippen LogP contribution in [0, 0.1) is 12.3 Å². The molecule has 0 saturated heterocycles. The van der Waals surface area contributed by atoms with Gasteiger partial charge in [0.2, 0.25) is 0 Å². The molecule has 0 aliphatic carbocycles. The molecule has 0 spiro atoms. The van der Waals surface area contributed by atoms with E-state index in [1.165, 1.54) is 13.0 Å². The molecule has 30 heavy (non-hydrogen) atoms. The van der Waals surface area contributed by atoms with Crippen molar-refractivity contribution < 1.29 is 18.4 Å². The molecular formula is C21H18F3N5O. The van der Waals surface area contributed by atoms with Crippen LogP contribution in [0.15, 0.2) is 53.7 Å². The lowest BCUT2D eigenvalue weighted by molar-refractivity contribution is -0.137. The Labute approximate surface area is 170 Å². The van der Waals surface area contributed by atoms with Crippen molar-refractivity contribution >= 4 is 23.4 Å². The molecular weight excluding hydrogens is 395 g/mol. The summed E-state index contributed by atoms with van der Waals surface area (Å²) in [5.41, 5.74) is 0.502. The number of halogens is 3. The first kappa shape index (κ1) is 21.0. The number of pyridine rings is 2. The molecule has 1 aromatic carbocycles. The first-order valence-electron chi connectivity index (χ1n) is 8.86. The van der Waals surface area contributed by atoms with Crippen LogP contribution < -0.4 is 5.32 Å². The van der Waals surface area contributed by atoms with Crippen LogP contribution in [0.1, 0.15) is 29.4 Å². The second-order valence-corrected chi connectivity index (χ2v) is 6.51. The number of hydrogen-bond acceptors (Lipinski definition) is 6. The van der Waals surface area contributed by atoms with Crippen molar-refractivity contribution in [3.63, 3.8) is 0 Å². The fourth-order valence-electron chi connectivity index (χ4n) is 2.89. The third-order valence-corrected chi connectivity index (χ3v) is 4.35. The van der Waals surface area contributed by atoms with Crippen LogP contribution >= 0.6 is 0 Å². The molecule has 9 heteroatoms. The van der Waals surface area contributed by atoms with Gasteiger partial charge in [-0.1, -0.05) is 17.3 Å². The van der Waals surface area contributed by atoms with E-state index in [1.54, 1.807) is 43.3 Å². The maximum Gasteiger partial charge on any atom is 0.417 e. The minimum atomic E-state index is -4.68. The van der Waals surface area contributed by atoms with Gasteiger partial charge in [0.05, 0.1) is 17.0 Å². The van der Waals surface area contributed by atoms with Crippen LogP contribution in [0.2, 0.25) is 0 Å². The second kappa shape index (κ2) is 8.32.